The van der Waals surface area contributed by atoms with Crippen molar-refractivity contribution >= 4 is 21.6 Å². The summed E-state index contributed by atoms with van der Waals surface area (Å²) >= 11 is 3.21. The first-order valence-corrected chi connectivity index (χ1v) is 6.63. The highest BCUT2D eigenvalue weighted by atomic mass is 79.9. The zero-order valence-corrected chi connectivity index (χ0v) is 11.7. The van der Waals surface area contributed by atoms with Crippen molar-refractivity contribution in [3.63, 3.8) is 0 Å². The van der Waals surface area contributed by atoms with Crippen LogP contribution in [0.15, 0.2) is 53.0 Å². The van der Waals surface area contributed by atoms with Crippen LogP contribution < -0.4 is 5.32 Å². The minimum Gasteiger partial charge on any atom is -0.381 e. The predicted molar refractivity (Wildman–Crippen MR) is 77.4 cm³/mol. The summed E-state index contributed by atoms with van der Waals surface area (Å²) in [6.07, 6.45) is 0. The van der Waals surface area contributed by atoms with E-state index in [9.17, 15) is 9.65 Å². The second-order valence-corrected chi connectivity index (χ2v) is 5.01. The van der Waals surface area contributed by atoms with Crippen molar-refractivity contribution < 1.29 is 4.39 Å². The van der Waals surface area contributed by atoms with Gasteiger partial charge in [-0.05, 0) is 23.8 Å². The van der Waals surface area contributed by atoms with E-state index < -0.39 is 0 Å². The Kier molecular flexibility index (Phi) is 4.53. The lowest BCUT2D eigenvalue weighted by Gasteiger charge is -2.12. The van der Waals surface area contributed by atoms with Crippen LogP contribution in [-0.2, 0) is 0 Å². The fourth-order valence-electron chi connectivity index (χ4n) is 1.77. The molecule has 19 heavy (non-hydrogen) atoms. The Morgan fingerprint density at radius 3 is 2.58 bits per heavy atom. The highest BCUT2D eigenvalue weighted by Crippen LogP contribution is 2.21. The molecule has 0 heterocycles. The van der Waals surface area contributed by atoms with Crippen LogP contribution in [-0.4, -0.2) is 6.54 Å². The minimum absolute atomic E-state index is 0.302. The quantitative estimate of drug-likeness (QED) is 0.911. The number of benzene rings is 2. The van der Waals surface area contributed by atoms with Gasteiger partial charge < -0.3 is 5.32 Å². The molecule has 0 bridgehead atoms. The first-order chi connectivity index (χ1) is 9.20. The van der Waals surface area contributed by atoms with Gasteiger partial charge in [0.25, 0.3) is 0 Å². The Hall–Kier alpha value is -1.86. The molecule has 0 saturated heterocycles. The summed E-state index contributed by atoms with van der Waals surface area (Å²) in [6, 6.07) is 16.5. The van der Waals surface area contributed by atoms with Crippen molar-refractivity contribution in [1.29, 1.82) is 5.26 Å². The highest BCUT2D eigenvalue weighted by Gasteiger charge is 2.11. The fraction of sp³-hybridized carbons (Fsp3) is 0.133. The van der Waals surface area contributed by atoms with Gasteiger partial charge in [0.2, 0.25) is 0 Å². The molecule has 0 aromatic heterocycles. The Morgan fingerprint density at radius 1 is 1.21 bits per heavy atom. The van der Waals surface area contributed by atoms with Crippen LogP contribution >= 0.6 is 15.9 Å². The van der Waals surface area contributed by atoms with Crippen LogP contribution in [0, 0.1) is 17.1 Å². The van der Waals surface area contributed by atoms with Crippen LogP contribution in [0.2, 0.25) is 0 Å². The van der Waals surface area contributed by atoms with E-state index in [-0.39, 0.29) is 11.7 Å². The highest BCUT2D eigenvalue weighted by molar-refractivity contribution is 9.10. The number of hydrogen-bond acceptors (Lipinski definition) is 2. The number of anilines is 1. The molecule has 96 valence electrons. The molecule has 0 aliphatic rings. The first kappa shape index (κ1) is 13.6. The third kappa shape index (κ3) is 3.55. The summed E-state index contributed by atoms with van der Waals surface area (Å²) in [4.78, 5) is 0. The van der Waals surface area contributed by atoms with Crippen molar-refractivity contribution in [2.45, 2.75) is 5.92 Å². The van der Waals surface area contributed by atoms with E-state index >= 15 is 0 Å². The van der Waals surface area contributed by atoms with Crippen molar-refractivity contribution in [1.82, 2.24) is 0 Å². The summed E-state index contributed by atoms with van der Waals surface area (Å²) in [7, 11) is 0. The van der Waals surface area contributed by atoms with Crippen LogP contribution in [0.25, 0.3) is 0 Å². The summed E-state index contributed by atoms with van der Waals surface area (Å²) < 4.78 is 14.3. The van der Waals surface area contributed by atoms with E-state index in [1.165, 1.54) is 6.07 Å². The van der Waals surface area contributed by atoms with Crippen LogP contribution in [0.4, 0.5) is 10.1 Å². The monoisotopic (exact) mass is 318 g/mol. The molecule has 2 aromatic carbocycles. The molecule has 0 spiro atoms. The molecule has 0 radical (unpaired) electrons. The van der Waals surface area contributed by atoms with Crippen LogP contribution in [0.1, 0.15) is 11.5 Å². The lowest BCUT2D eigenvalue weighted by Crippen LogP contribution is -2.12. The van der Waals surface area contributed by atoms with E-state index in [0.717, 1.165) is 5.56 Å². The average Bonchev–Trinajstić information content (AvgIpc) is 2.43. The molecular weight excluding hydrogens is 307 g/mol. The number of nitrogens with one attached hydrogen (secondary N) is 1. The number of nitrogens with zero attached hydrogens (tertiary/aromatic N) is 1. The topological polar surface area (TPSA) is 35.8 Å². The second kappa shape index (κ2) is 6.35. The molecule has 2 rings (SSSR count). The van der Waals surface area contributed by atoms with E-state index in [4.69, 9.17) is 0 Å². The molecule has 4 heteroatoms. The third-order valence-electron chi connectivity index (χ3n) is 2.79. The Labute approximate surface area is 120 Å². The summed E-state index contributed by atoms with van der Waals surface area (Å²) in [6.45, 7) is 0.374. The van der Waals surface area contributed by atoms with E-state index in [1.807, 2.05) is 30.3 Å². The largest absolute Gasteiger partial charge is 0.381 e. The van der Waals surface area contributed by atoms with Crippen LogP contribution in [0.3, 0.4) is 0 Å². The van der Waals surface area contributed by atoms with Gasteiger partial charge in [-0.2, -0.15) is 5.26 Å². The maximum Gasteiger partial charge on any atom is 0.147 e. The SMILES string of the molecule is N#CC(CNc1ccc(Br)cc1F)c1ccccc1. The molecule has 0 aliphatic carbocycles. The van der Waals surface area contributed by atoms with Gasteiger partial charge in [0.1, 0.15) is 5.82 Å². The first-order valence-electron chi connectivity index (χ1n) is 5.84. The predicted octanol–water partition coefficient (Wildman–Crippen LogP) is 4.31. The minimum atomic E-state index is -0.334. The molecule has 0 saturated carbocycles. The standard InChI is InChI=1S/C15H12BrFN2/c16-13-6-7-15(14(17)8-13)19-10-12(9-18)11-4-2-1-3-5-11/h1-8,12,19H,10H2. The maximum absolute atomic E-state index is 13.6. The lowest BCUT2D eigenvalue weighted by molar-refractivity contribution is 0.628. The molecule has 1 N–H and O–H groups in total. The third-order valence-corrected chi connectivity index (χ3v) is 3.28. The number of rotatable bonds is 4. The van der Waals surface area contributed by atoms with Gasteiger partial charge in [0.15, 0.2) is 0 Å². The Bertz CT molecular complexity index is 593. The molecule has 0 aliphatic heterocycles. The van der Waals surface area contributed by atoms with Crippen molar-refractivity contribution in [2.75, 3.05) is 11.9 Å². The van der Waals surface area contributed by atoms with Gasteiger partial charge in [-0.1, -0.05) is 46.3 Å². The molecule has 2 aromatic rings. The number of halogens is 2. The normalized spacial score (nSPS) is 11.6. The molecule has 0 fully saturated rings. The Balaban J connectivity index is 2.07. The summed E-state index contributed by atoms with van der Waals surface area (Å²) in [5.41, 5.74) is 1.33. The van der Waals surface area contributed by atoms with Gasteiger partial charge in [0, 0.05) is 11.0 Å². The maximum atomic E-state index is 13.6. The smallest absolute Gasteiger partial charge is 0.147 e. The molecule has 1 atom stereocenters. The fourth-order valence-corrected chi connectivity index (χ4v) is 2.10. The average molecular weight is 319 g/mol. The zero-order chi connectivity index (χ0) is 13.7. The molecular formula is C15H12BrFN2. The summed E-state index contributed by atoms with van der Waals surface area (Å²) in [5.74, 6) is -0.636. The molecule has 1 unspecified atom stereocenters. The Morgan fingerprint density at radius 2 is 1.95 bits per heavy atom. The van der Waals surface area contributed by atoms with Crippen LogP contribution in [0.5, 0.6) is 0 Å². The van der Waals surface area contributed by atoms with E-state index in [1.54, 1.807) is 12.1 Å². The van der Waals surface area contributed by atoms with Crippen molar-refractivity contribution in [3.05, 3.63) is 64.4 Å². The van der Waals surface area contributed by atoms with Gasteiger partial charge >= 0.3 is 0 Å². The lowest BCUT2D eigenvalue weighted by atomic mass is 10.0. The van der Waals surface area contributed by atoms with Crippen molar-refractivity contribution in [3.8, 4) is 6.07 Å². The molecule has 2 nitrogen and oxygen atoms in total. The number of nitriles is 1. The van der Waals surface area contributed by atoms with Gasteiger partial charge in [-0.15, -0.1) is 0 Å². The van der Waals surface area contributed by atoms with Crippen molar-refractivity contribution in [2.24, 2.45) is 0 Å². The van der Waals surface area contributed by atoms with E-state index in [2.05, 4.69) is 27.3 Å². The van der Waals surface area contributed by atoms with Gasteiger partial charge in [-0.25, -0.2) is 4.39 Å². The summed E-state index contributed by atoms with van der Waals surface area (Å²) in [5, 5.41) is 12.2. The second-order valence-electron chi connectivity index (χ2n) is 4.10. The van der Waals surface area contributed by atoms with E-state index in [0.29, 0.717) is 16.7 Å². The number of hydrogen-bond donors (Lipinski definition) is 1. The van der Waals surface area contributed by atoms with Gasteiger partial charge in [0.05, 0.1) is 17.7 Å². The molecule has 0 amide bonds. The van der Waals surface area contributed by atoms with Gasteiger partial charge in [-0.3, -0.25) is 0 Å². The zero-order valence-electron chi connectivity index (χ0n) is 10.1.